The molecule has 1 aliphatic rings. The Morgan fingerprint density at radius 3 is 3.18 bits per heavy atom. The Morgan fingerprint density at radius 2 is 2.35 bits per heavy atom. The summed E-state index contributed by atoms with van der Waals surface area (Å²) in [6.07, 6.45) is 5.18. The maximum absolute atomic E-state index is 4.21. The Hall–Kier alpha value is -1.61. The molecule has 0 aliphatic carbocycles. The van der Waals surface area contributed by atoms with Crippen molar-refractivity contribution in [2.45, 2.75) is 19.5 Å². The van der Waals surface area contributed by atoms with Crippen LogP contribution in [0, 0.1) is 6.07 Å². The van der Waals surface area contributed by atoms with Crippen LogP contribution in [-0.2, 0) is 26.6 Å². The molecule has 17 heavy (non-hydrogen) atoms. The first kappa shape index (κ1) is 10.5. The maximum atomic E-state index is 4.21. The van der Waals surface area contributed by atoms with E-state index in [0.717, 1.165) is 26.1 Å². The van der Waals surface area contributed by atoms with E-state index in [4.69, 9.17) is 0 Å². The third-order valence-electron chi connectivity index (χ3n) is 3.31. The van der Waals surface area contributed by atoms with Gasteiger partial charge in [0.25, 0.3) is 0 Å². The van der Waals surface area contributed by atoms with E-state index >= 15 is 0 Å². The Balaban J connectivity index is 1.72. The lowest BCUT2D eigenvalue weighted by atomic mass is 10.00. The third kappa shape index (κ3) is 2.24. The van der Waals surface area contributed by atoms with E-state index in [2.05, 4.69) is 34.4 Å². The second kappa shape index (κ2) is 4.34. The summed E-state index contributed by atoms with van der Waals surface area (Å²) < 4.78 is 1.86. The highest BCUT2D eigenvalue weighted by atomic mass is 15.2. The van der Waals surface area contributed by atoms with E-state index in [0.29, 0.717) is 0 Å². The Labute approximate surface area is 102 Å². The molecule has 0 spiro atoms. The van der Waals surface area contributed by atoms with Gasteiger partial charge in [0.15, 0.2) is 0 Å². The Bertz CT molecular complexity index is 516. The van der Waals surface area contributed by atoms with Gasteiger partial charge in [-0.2, -0.15) is 5.10 Å². The maximum Gasteiger partial charge on any atom is 0.0534 e. The minimum atomic E-state index is 0.988. The van der Waals surface area contributed by atoms with Gasteiger partial charge in [0.1, 0.15) is 0 Å². The molecule has 1 radical (unpaired) electrons. The molecule has 1 aromatic carbocycles. The standard InChI is InChI=1S/C14H16N3/c1-16-9-12(8-15-16)10-17-7-6-13-4-2-3-5-14(13)11-17/h2,4-5,8-9H,6-7,10-11H2,1H3. The number of hydrogen-bond acceptors (Lipinski definition) is 2. The monoisotopic (exact) mass is 226 g/mol. The SMILES string of the molecule is Cn1cc(CN2CCc3cc[c]cc3C2)cn1. The quantitative estimate of drug-likeness (QED) is 0.778. The van der Waals surface area contributed by atoms with Crippen LogP contribution in [-0.4, -0.2) is 21.2 Å². The molecule has 0 amide bonds. The molecule has 0 atom stereocenters. The van der Waals surface area contributed by atoms with Crippen LogP contribution in [0.4, 0.5) is 0 Å². The lowest BCUT2D eigenvalue weighted by Crippen LogP contribution is -2.29. The minimum absolute atomic E-state index is 0.988. The number of fused-ring (bicyclic) bond motifs is 1. The van der Waals surface area contributed by atoms with Gasteiger partial charge in [-0.15, -0.1) is 0 Å². The van der Waals surface area contributed by atoms with Crippen molar-refractivity contribution in [3.8, 4) is 0 Å². The molecule has 0 bridgehead atoms. The molecular weight excluding hydrogens is 210 g/mol. The molecular formula is C14H16N3. The van der Waals surface area contributed by atoms with E-state index in [-0.39, 0.29) is 0 Å². The number of hydrogen-bond donors (Lipinski definition) is 0. The average molecular weight is 226 g/mol. The molecule has 0 saturated carbocycles. The van der Waals surface area contributed by atoms with Crippen LogP contribution < -0.4 is 0 Å². The van der Waals surface area contributed by atoms with Gasteiger partial charge in [0.05, 0.1) is 6.20 Å². The number of nitrogens with zero attached hydrogens (tertiary/aromatic N) is 3. The lowest BCUT2D eigenvalue weighted by Gasteiger charge is -2.28. The van der Waals surface area contributed by atoms with Crippen molar-refractivity contribution >= 4 is 0 Å². The Kier molecular flexibility index (Phi) is 2.69. The fourth-order valence-electron chi connectivity index (χ4n) is 2.43. The molecule has 87 valence electrons. The summed E-state index contributed by atoms with van der Waals surface area (Å²) in [5.41, 5.74) is 4.18. The van der Waals surface area contributed by atoms with Crippen molar-refractivity contribution in [3.05, 3.63) is 53.3 Å². The highest BCUT2D eigenvalue weighted by molar-refractivity contribution is 5.28. The van der Waals surface area contributed by atoms with E-state index < -0.39 is 0 Å². The second-order valence-corrected chi connectivity index (χ2v) is 4.68. The molecule has 3 heteroatoms. The van der Waals surface area contributed by atoms with Gasteiger partial charge in [-0.3, -0.25) is 9.58 Å². The van der Waals surface area contributed by atoms with Crippen molar-refractivity contribution in [1.29, 1.82) is 0 Å². The van der Waals surface area contributed by atoms with E-state index in [1.165, 1.54) is 16.7 Å². The normalized spacial score (nSPS) is 15.8. The van der Waals surface area contributed by atoms with Crippen molar-refractivity contribution in [2.24, 2.45) is 7.05 Å². The lowest BCUT2D eigenvalue weighted by molar-refractivity contribution is 0.245. The summed E-state index contributed by atoms with van der Waals surface area (Å²) in [5, 5.41) is 4.21. The molecule has 0 saturated heterocycles. The molecule has 0 fully saturated rings. The smallest absolute Gasteiger partial charge is 0.0534 e. The fraction of sp³-hybridized carbons (Fsp3) is 0.357. The molecule has 0 N–H and O–H groups in total. The number of rotatable bonds is 2. The van der Waals surface area contributed by atoms with Gasteiger partial charge in [0.2, 0.25) is 0 Å². The fourth-order valence-corrected chi connectivity index (χ4v) is 2.43. The van der Waals surface area contributed by atoms with Gasteiger partial charge < -0.3 is 0 Å². The first-order valence-corrected chi connectivity index (χ1v) is 5.99. The number of aromatic nitrogens is 2. The summed E-state index contributed by atoms with van der Waals surface area (Å²) in [7, 11) is 1.96. The van der Waals surface area contributed by atoms with Gasteiger partial charge in [-0.1, -0.05) is 12.1 Å². The largest absolute Gasteiger partial charge is 0.294 e. The van der Waals surface area contributed by atoms with Gasteiger partial charge >= 0.3 is 0 Å². The van der Waals surface area contributed by atoms with Crippen molar-refractivity contribution in [1.82, 2.24) is 14.7 Å². The van der Waals surface area contributed by atoms with Gasteiger partial charge in [-0.05, 0) is 29.7 Å². The Morgan fingerprint density at radius 1 is 1.41 bits per heavy atom. The zero-order valence-electron chi connectivity index (χ0n) is 10.1. The molecule has 3 rings (SSSR count). The first-order chi connectivity index (χ1) is 8.31. The van der Waals surface area contributed by atoms with Crippen LogP contribution in [0.15, 0.2) is 30.6 Å². The molecule has 0 unspecified atom stereocenters. The van der Waals surface area contributed by atoms with Crippen LogP contribution in [0.3, 0.4) is 0 Å². The first-order valence-electron chi connectivity index (χ1n) is 5.99. The van der Waals surface area contributed by atoms with Gasteiger partial charge in [-0.25, -0.2) is 0 Å². The zero-order chi connectivity index (χ0) is 11.7. The van der Waals surface area contributed by atoms with Gasteiger partial charge in [0, 0.05) is 38.4 Å². The molecule has 2 aromatic rings. The zero-order valence-corrected chi connectivity index (χ0v) is 10.1. The topological polar surface area (TPSA) is 21.1 Å². The highest BCUT2D eigenvalue weighted by Gasteiger charge is 2.15. The summed E-state index contributed by atoms with van der Waals surface area (Å²) in [6.45, 7) is 3.15. The summed E-state index contributed by atoms with van der Waals surface area (Å²) in [6, 6.07) is 9.48. The van der Waals surface area contributed by atoms with Crippen molar-refractivity contribution in [3.63, 3.8) is 0 Å². The predicted molar refractivity (Wildman–Crippen MR) is 66.3 cm³/mol. The summed E-state index contributed by atoms with van der Waals surface area (Å²) in [4.78, 5) is 2.47. The van der Waals surface area contributed by atoms with Crippen LogP contribution >= 0.6 is 0 Å². The molecule has 3 nitrogen and oxygen atoms in total. The second-order valence-electron chi connectivity index (χ2n) is 4.68. The third-order valence-corrected chi connectivity index (χ3v) is 3.31. The molecule has 1 aromatic heterocycles. The molecule has 1 aliphatic heterocycles. The summed E-state index contributed by atoms with van der Waals surface area (Å²) in [5.74, 6) is 0. The molecule has 2 heterocycles. The summed E-state index contributed by atoms with van der Waals surface area (Å²) >= 11 is 0. The van der Waals surface area contributed by atoms with Crippen LogP contribution in [0.1, 0.15) is 16.7 Å². The van der Waals surface area contributed by atoms with E-state index in [1.807, 2.05) is 24.0 Å². The predicted octanol–water partition coefficient (Wildman–Crippen LogP) is 1.78. The van der Waals surface area contributed by atoms with Crippen LogP contribution in [0.2, 0.25) is 0 Å². The van der Waals surface area contributed by atoms with Crippen molar-refractivity contribution < 1.29 is 0 Å². The van der Waals surface area contributed by atoms with E-state index in [1.54, 1.807) is 0 Å². The number of benzene rings is 1. The van der Waals surface area contributed by atoms with Crippen LogP contribution in [0.5, 0.6) is 0 Å². The average Bonchev–Trinajstić information content (AvgIpc) is 2.75. The highest BCUT2D eigenvalue weighted by Crippen LogP contribution is 2.19. The number of aryl methyl sites for hydroxylation is 1. The van der Waals surface area contributed by atoms with E-state index in [9.17, 15) is 0 Å². The van der Waals surface area contributed by atoms with Crippen LogP contribution in [0.25, 0.3) is 0 Å². The minimum Gasteiger partial charge on any atom is -0.294 e. The van der Waals surface area contributed by atoms with Crippen molar-refractivity contribution in [2.75, 3.05) is 6.54 Å².